The van der Waals surface area contributed by atoms with E-state index in [0.29, 0.717) is 12.0 Å². The standard InChI is InChI=1S/C9H17NO2/c1-6(2)7-4-3-5-8(10-7)9(11)12/h6-8,10H,3-5H2,1-2H3,(H,11,12). The van der Waals surface area contributed by atoms with Gasteiger partial charge in [0, 0.05) is 6.04 Å². The van der Waals surface area contributed by atoms with Gasteiger partial charge < -0.3 is 10.4 Å². The van der Waals surface area contributed by atoms with Crippen molar-refractivity contribution in [2.24, 2.45) is 5.92 Å². The number of carboxylic acids is 1. The predicted molar refractivity (Wildman–Crippen MR) is 47.0 cm³/mol. The van der Waals surface area contributed by atoms with Crippen molar-refractivity contribution < 1.29 is 9.90 Å². The molecule has 1 rings (SSSR count). The molecule has 0 aromatic rings. The first-order valence-corrected chi connectivity index (χ1v) is 4.60. The summed E-state index contributed by atoms with van der Waals surface area (Å²) < 4.78 is 0. The van der Waals surface area contributed by atoms with Gasteiger partial charge >= 0.3 is 5.97 Å². The van der Waals surface area contributed by atoms with E-state index in [0.717, 1.165) is 19.3 Å². The monoisotopic (exact) mass is 171 g/mol. The normalized spacial score (nSPS) is 30.6. The minimum absolute atomic E-state index is 0.314. The van der Waals surface area contributed by atoms with E-state index in [1.807, 2.05) is 0 Å². The van der Waals surface area contributed by atoms with Crippen molar-refractivity contribution in [3.63, 3.8) is 0 Å². The van der Waals surface area contributed by atoms with Gasteiger partial charge in [-0.1, -0.05) is 13.8 Å². The molecule has 2 N–H and O–H groups in total. The molecule has 1 saturated heterocycles. The Bertz CT molecular complexity index is 168. The summed E-state index contributed by atoms with van der Waals surface area (Å²) in [5.74, 6) is -0.174. The molecule has 0 bridgehead atoms. The molecule has 12 heavy (non-hydrogen) atoms. The number of piperidine rings is 1. The first kappa shape index (κ1) is 9.52. The lowest BCUT2D eigenvalue weighted by atomic mass is 9.91. The van der Waals surface area contributed by atoms with Gasteiger partial charge in [0.2, 0.25) is 0 Å². The minimum Gasteiger partial charge on any atom is -0.480 e. The number of nitrogens with one attached hydrogen (secondary N) is 1. The molecule has 2 unspecified atom stereocenters. The molecular weight excluding hydrogens is 154 g/mol. The van der Waals surface area contributed by atoms with Crippen LogP contribution in [0.2, 0.25) is 0 Å². The molecule has 2 atom stereocenters. The number of carbonyl (C=O) groups is 1. The van der Waals surface area contributed by atoms with Gasteiger partial charge in [0.25, 0.3) is 0 Å². The van der Waals surface area contributed by atoms with Gasteiger partial charge in [0.15, 0.2) is 0 Å². The highest BCUT2D eigenvalue weighted by atomic mass is 16.4. The number of hydrogen-bond acceptors (Lipinski definition) is 2. The van der Waals surface area contributed by atoms with E-state index in [2.05, 4.69) is 19.2 Å². The van der Waals surface area contributed by atoms with E-state index in [1.165, 1.54) is 0 Å². The van der Waals surface area contributed by atoms with Crippen molar-refractivity contribution in [2.45, 2.75) is 45.2 Å². The fourth-order valence-corrected chi connectivity index (χ4v) is 1.69. The van der Waals surface area contributed by atoms with Gasteiger partial charge in [-0.3, -0.25) is 4.79 Å². The second-order valence-corrected chi connectivity index (χ2v) is 3.84. The van der Waals surface area contributed by atoms with Crippen molar-refractivity contribution >= 4 is 5.97 Å². The first-order valence-electron chi connectivity index (χ1n) is 4.60. The average molecular weight is 171 g/mol. The quantitative estimate of drug-likeness (QED) is 0.657. The topological polar surface area (TPSA) is 49.3 Å². The maximum absolute atomic E-state index is 10.7. The number of aliphatic carboxylic acids is 1. The van der Waals surface area contributed by atoms with Crippen LogP contribution in [0, 0.1) is 5.92 Å². The van der Waals surface area contributed by atoms with Crippen molar-refractivity contribution in [2.75, 3.05) is 0 Å². The van der Waals surface area contributed by atoms with Crippen LogP contribution in [0.25, 0.3) is 0 Å². The maximum Gasteiger partial charge on any atom is 0.320 e. The van der Waals surface area contributed by atoms with E-state index in [4.69, 9.17) is 5.11 Å². The molecular formula is C9H17NO2. The zero-order valence-electron chi connectivity index (χ0n) is 7.71. The van der Waals surface area contributed by atoms with Gasteiger partial charge in [-0.25, -0.2) is 0 Å². The Morgan fingerprint density at radius 1 is 1.50 bits per heavy atom. The summed E-state index contributed by atoms with van der Waals surface area (Å²) in [5.41, 5.74) is 0. The highest BCUT2D eigenvalue weighted by molar-refractivity contribution is 5.73. The molecule has 0 spiro atoms. The van der Waals surface area contributed by atoms with Crippen molar-refractivity contribution in [1.29, 1.82) is 0 Å². The molecule has 0 aromatic heterocycles. The zero-order chi connectivity index (χ0) is 9.14. The molecule has 0 aliphatic carbocycles. The molecule has 0 amide bonds. The molecule has 1 aliphatic rings. The van der Waals surface area contributed by atoms with Gasteiger partial charge in [-0.15, -0.1) is 0 Å². The highest BCUT2D eigenvalue weighted by Gasteiger charge is 2.27. The second kappa shape index (κ2) is 3.90. The van der Waals surface area contributed by atoms with Crippen LogP contribution in [0.15, 0.2) is 0 Å². The molecule has 3 heteroatoms. The van der Waals surface area contributed by atoms with Gasteiger partial charge in [0.05, 0.1) is 0 Å². The van der Waals surface area contributed by atoms with Crippen molar-refractivity contribution in [1.82, 2.24) is 5.32 Å². The van der Waals surface area contributed by atoms with E-state index in [9.17, 15) is 4.79 Å². The predicted octanol–water partition coefficient (Wildman–Crippen LogP) is 1.24. The fraction of sp³-hybridized carbons (Fsp3) is 0.889. The van der Waals surface area contributed by atoms with Crippen LogP contribution in [0.3, 0.4) is 0 Å². The summed E-state index contributed by atoms with van der Waals surface area (Å²) in [6.45, 7) is 4.25. The van der Waals surface area contributed by atoms with Crippen LogP contribution in [0.5, 0.6) is 0 Å². The van der Waals surface area contributed by atoms with Gasteiger partial charge in [-0.05, 0) is 25.2 Å². The lowest BCUT2D eigenvalue weighted by molar-refractivity contribution is -0.140. The minimum atomic E-state index is -0.708. The largest absolute Gasteiger partial charge is 0.480 e. The molecule has 1 heterocycles. The first-order chi connectivity index (χ1) is 5.61. The van der Waals surface area contributed by atoms with Crippen LogP contribution in [0.1, 0.15) is 33.1 Å². The summed E-state index contributed by atoms with van der Waals surface area (Å²) >= 11 is 0. The zero-order valence-corrected chi connectivity index (χ0v) is 7.71. The molecule has 70 valence electrons. The number of rotatable bonds is 2. The van der Waals surface area contributed by atoms with E-state index in [1.54, 1.807) is 0 Å². The Kier molecular flexibility index (Phi) is 3.09. The summed E-state index contributed by atoms with van der Waals surface area (Å²) in [5, 5.41) is 11.9. The van der Waals surface area contributed by atoms with Crippen LogP contribution >= 0.6 is 0 Å². The Hall–Kier alpha value is -0.570. The van der Waals surface area contributed by atoms with E-state index >= 15 is 0 Å². The third-order valence-corrected chi connectivity index (χ3v) is 2.53. The number of hydrogen-bond donors (Lipinski definition) is 2. The van der Waals surface area contributed by atoms with Gasteiger partial charge in [-0.2, -0.15) is 0 Å². The molecule has 0 radical (unpaired) electrons. The van der Waals surface area contributed by atoms with Crippen LogP contribution in [-0.2, 0) is 4.79 Å². The van der Waals surface area contributed by atoms with Gasteiger partial charge in [0.1, 0.15) is 6.04 Å². The summed E-state index contributed by atoms with van der Waals surface area (Å²) in [6.07, 6.45) is 2.92. The molecule has 1 fully saturated rings. The molecule has 1 aliphatic heterocycles. The third kappa shape index (κ3) is 2.21. The summed E-state index contributed by atoms with van der Waals surface area (Å²) in [7, 11) is 0. The second-order valence-electron chi connectivity index (χ2n) is 3.84. The Morgan fingerprint density at radius 3 is 2.67 bits per heavy atom. The van der Waals surface area contributed by atoms with E-state index in [-0.39, 0.29) is 6.04 Å². The molecule has 0 saturated carbocycles. The Labute approximate surface area is 73.2 Å². The summed E-state index contributed by atoms with van der Waals surface area (Å²) in [6, 6.07) is 0.0750. The SMILES string of the molecule is CC(C)C1CCCC(C(=O)O)N1. The number of carboxylic acid groups (broad SMARTS) is 1. The molecule has 3 nitrogen and oxygen atoms in total. The molecule has 0 aromatic carbocycles. The third-order valence-electron chi connectivity index (χ3n) is 2.53. The van der Waals surface area contributed by atoms with Crippen LogP contribution < -0.4 is 5.32 Å². The van der Waals surface area contributed by atoms with Crippen molar-refractivity contribution in [3.05, 3.63) is 0 Å². The van der Waals surface area contributed by atoms with Crippen molar-refractivity contribution in [3.8, 4) is 0 Å². The lowest BCUT2D eigenvalue weighted by Gasteiger charge is -2.31. The lowest BCUT2D eigenvalue weighted by Crippen LogP contribution is -2.48. The summed E-state index contributed by atoms with van der Waals surface area (Å²) in [4.78, 5) is 10.7. The van der Waals surface area contributed by atoms with E-state index < -0.39 is 5.97 Å². The van der Waals surface area contributed by atoms with Crippen LogP contribution in [0.4, 0.5) is 0 Å². The fourth-order valence-electron chi connectivity index (χ4n) is 1.69. The maximum atomic E-state index is 10.7. The van der Waals surface area contributed by atoms with Crippen LogP contribution in [-0.4, -0.2) is 23.2 Å². The Morgan fingerprint density at radius 2 is 2.17 bits per heavy atom. The highest BCUT2D eigenvalue weighted by Crippen LogP contribution is 2.18. The average Bonchev–Trinajstić information content (AvgIpc) is 2.04. The smallest absolute Gasteiger partial charge is 0.320 e. The Balaban J connectivity index is 2.46.